The first kappa shape index (κ1) is 12.8. The number of aromatic amines is 1. The van der Waals surface area contributed by atoms with Crippen LogP contribution in [-0.4, -0.2) is 15.2 Å². The van der Waals surface area contributed by atoms with Gasteiger partial charge in [-0.1, -0.05) is 48.6 Å². The van der Waals surface area contributed by atoms with Gasteiger partial charge in [0.1, 0.15) is 0 Å². The summed E-state index contributed by atoms with van der Waals surface area (Å²) in [6.45, 7) is 0. The maximum Gasteiger partial charge on any atom is 0.0725 e. The quantitative estimate of drug-likeness (QED) is 0.752. The molecule has 0 bridgehead atoms. The maximum absolute atomic E-state index is 4.44. The van der Waals surface area contributed by atoms with Crippen LogP contribution >= 0.6 is 0 Å². The van der Waals surface area contributed by atoms with Crippen LogP contribution in [0.25, 0.3) is 27.6 Å². The molecule has 1 aliphatic rings. The number of pyridine rings is 1. The summed E-state index contributed by atoms with van der Waals surface area (Å²) in [5, 5.41) is 8.56. The van der Waals surface area contributed by atoms with E-state index in [1.807, 2.05) is 30.6 Å². The Labute approximate surface area is 128 Å². The minimum atomic E-state index is 0.928. The third kappa shape index (κ3) is 2.17. The molecule has 1 N–H and O–H groups in total. The van der Waals surface area contributed by atoms with Gasteiger partial charge in [0, 0.05) is 17.1 Å². The van der Waals surface area contributed by atoms with Gasteiger partial charge in [0.25, 0.3) is 0 Å². The second-order valence-electron chi connectivity index (χ2n) is 5.22. The van der Waals surface area contributed by atoms with Crippen molar-refractivity contribution in [2.75, 3.05) is 0 Å². The predicted octanol–water partition coefficient (Wildman–Crippen LogP) is 4.52. The summed E-state index contributed by atoms with van der Waals surface area (Å²) >= 11 is 0. The first-order valence-electron chi connectivity index (χ1n) is 7.35. The van der Waals surface area contributed by atoms with Gasteiger partial charge in [-0.2, -0.15) is 5.10 Å². The molecular formula is C19H15N3. The monoisotopic (exact) mass is 285 g/mol. The first-order chi connectivity index (χ1) is 10.9. The van der Waals surface area contributed by atoms with E-state index in [0.29, 0.717) is 0 Å². The summed E-state index contributed by atoms with van der Waals surface area (Å²) in [7, 11) is 0. The fourth-order valence-electron chi connectivity index (χ4n) is 2.81. The number of fused-ring (bicyclic) bond motifs is 1. The topological polar surface area (TPSA) is 41.6 Å². The molecule has 0 unspecified atom stereocenters. The van der Waals surface area contributed by atoms with Crippen molar-refractivity contribution in [3.05, 3.63) is 78.8 Å². The number of rotatable bonds is 2. The van der Waals surface area contributed by atoms with Gasteiger partial charge in [0.05, 0.1) is 17.4 Å². The fraction of sp³-hybridized carbons (Fsp3) is 0.0526. The Balaban J connectivity index is 1.90. The summed E-state index contributed by atoms with van der Waals surface area (Å²) in [6.07, 6.45) is 15.3. The van der Waals surface area contributed by atoms with Crippen LogP contribution in [0.5, 0.6) is 0 Å². The molecule has 0 aliphatic heterocycles. The van der Waals surface area contributed by atoms with Crippen molar-refractivity contribution in [1.82, 2.24) is 15.2 Å². The van der Waals surface area contributed by atoms with Gasteiger partial charge < -0.3 is 0 Å². The Morgan fingerprint density at radius 1 is 1.00 bits per heavy atom. The molecule has 3 heteroatoms. The van der Waals surface area contributed by atoms with E-state index in [1.165, 1.54) is 5.57 Å². The number of nitrogens with one attached hydrogen (secondary N) is 1. The Morgan fingerprint density at radius 3 is 2.95 bits per heavy atom. The summed E-state index contributed by atoms with van der Waals surface area (Å²) in [6, 6.07) is 10.2. The molecule has 106 valence electrons. The van der Waals surface area contributed by atoms with Crippen molar-refractivity contribution in [2.24, 2.45) is 0 Å². The molecule has 1 aliphatic carbocycles. The minimum Gasteiger partial charge on any atom is -0.277 e. The Morgan fingerprint density at radius 2 is 1.95 bits per heavy atom. The number of para-hydroxylation sites is 1. The molecule has 3 aromatic rings. The van der Waals surface area contributed by atoms with E-state index in [0.717, 1.165) is 34.1 Å². The lowest BCUT2D eigenvalue weighted by atomic mass is 9.98. The number of hydrogen-bond acceptors (Lipinski definition) is 2. The highest BCUT2D eigenvalue weighted by Gasteiger charge is 2.13. The number of allylic oxidation sites excluding steroid dienone is 6. The van der Waals surface area contributed by atoms with Crippen molar-refractivity contribution >= 4 is 16.5 Å². The fourth-order valence-corrected chi connectivity index (χ4v) is 2.81. The van der Waals surface area contributed by atoms with Gasteiger partial charge in [-0.15, -0.1) is 0 Å². The van der Waals surface area contributed by atoms with Gasteiger partial charge in [-0.05, 0) is 29.7 Å². The Bertz CT molecular complexity index is 908. The van der Waals surface area contributed by atoms with E-state index in [2.05, 4.69) is 57.7 Å². The van der Waals surface area contributed by atoms with Crippen LogP contribution in [-0.2, 0) is 0 Å². The molecule has 2 aromatic heterocycles. The minimum absolute atomic E-state index is 0.928. The maximum atomic E-state index is 4.44. The zero-order valence-corrected chi connectivity index (χ0v) is 12.0. The van der Waals surface area contributed by atoms with E-state index in [-0.39, 0.29) is 0 Å². The van der Waals surface area contributed by atoms with Crippen LogP contribution in [0, 0.1) is 0 Å². The first-order valence-corrected chi connectivity index (χ1v) is 7.35. The molecule has 4 rings (SSSR count). The summed E-state index contributed by atoms with van der Waals surface area (Å²) in [5.41, 5.74) is 5.48. The van der Waals surface area contributed by atoms with Gasteiger partial charge in [-0.25, -0.2) is 0 Å². The predicted molar refractivity (Wildman–Crippen MR) is 90.2 cm³/mol. The highest BCUT2D eigenvalue weighted by Crippen LogP contribution is 2.32. The zero-order valence-electron chi connectivity index (χ0n) is 12.0. The molecule has 0 amide bonds. The van der Waals surface area contributed by atoms with Gasteiger partial charge in [0.2, 0.25) is 0 Å². The summed E-state index contributed by atoms with van der Waals surface area (Å²) < 4.78 is 0. The van der Waals surface area contributed by atoms with E-state index >= 15 is 0 Å². The van der Waals surface area contributed by atoms with Crippen molar-refractivity contribution in [2.45, 2.75) is 6.42 Å². The van der Waals surface area contributed by atoms with Gasteiger partial charge in [0.15, 0.2) is 0 Å². The second-order valence-corrected chi connectivity index (χ2v) is 5.22. The van der Waals surface area contributed by atoms with Crippen molar-refractivity contribution < 1.29 is 0 Å². The normalized spacial score (nSPS) is 14.1. The van der Waals surface area contributed by atoms with E-state index < -0.39 is 0 Å². The van der Waals surface area contributed by atoms with Crippen LogP contribution in [0.4, 0.5) is 0 Å². The molecule has 0 atom stereocenters. The molecule has 1 aromatic carbocycles. The van der Waals surface area contributed by atoms with E-state index in [1.54, 1.807) is 0 Å². The SMILES string of the molecule is C1=CCC=C(c2[nH]ncc2-c2ccnc3ccccc23)C=C1. The molecule has 0 saturated carbocycles. The van der Waals surface area contributed by atoms with Crippen LogP contribution < -0.4 is 0 Å². The van der Waals surface area contributed by atoms with Crippen LogP contribution in [0.3, 0.4) is 0 Å². The zero-order chi connectivity index (χ0) is 14.8. The smallest absolute Gasteiger partial charge is 0.0725 e. The molecule has 3 nitrogen and oxygen atoms in total. The molecule has 22 heavy (non-hydrogen) atoms. The van der Waals surface area contributed by atoms with Crippen molar-refractivity contribution in [3.8, 4) is 11.1 Å². The molecule has 2 heterocycles. The van der Waals surface area contributed by atoms with Crippen LogP contribution in [0.15, 0.2) is 73.1 Å². The van der Waals surface area contributed by atoms with E-state index in [9.17, 15) is 0 Å². The molecule has 0 radical (unpaired) electrons. The number of hydrogen-bond donors (Lipinski definition) is 1. The highest BCUT2D eigenvalue weighted by atomic mass is 15.1. The lowest BCUT2D eigenvalue weighted by Gasteiger charge is -2.07. The number of aromatic nitrogens is 3. The molecule has 0 fully saturated rings. The second kappa shape index (κ2) is 5.45. The molecule has 0 spiro atoms. The highest BCUT2D eigenvalue weighted by molar-refractivity contribution is 5.97. The van der Waals surface area contributed by atoms with Crippen LogP contribution in [0.2, 0.25) is 0 Å². The van der Waals surface area contributed by atoms with Crippen LogP contribution in [0.1, 0.15) is 12.1 Å². The summed E-state index contributed by atoms with van der Waals surface area (Å²) in [4.78, 5) is 4.44. The van der Waals surface area contributed by atoms with Gasteiger partial charge >= 0.3 is 0 Å². The molecule has 0 saturated heterocycles. The standard InChI is InChI=1S/C19H15N3/c1-2-4-8-14(7-3-1)19-17(13-21-22-19)15-11-12-20-18-10-6-5-9-16(15)18/h1-3,5-13H,4H2,(H,21,22). The average molecular weight is 285 g/mol. The lowest BCUT2D eigenvalue weighted by Crippen LogP contribution is -1.88. The summed E-state index contributed by atoms with van der Waals surface area (Å²) in [5.74, 6) is 0. The number of benzene rings is 1. The number of H-pyrrole nitrogens is 1. The van der Waals surface area contributed by atoms with Gasteiger partial charge in [-0.3, -0.25) is 10.1 Å². The third-order valence-corrected chi connectivity index (χ3v) is 3.86. The third-order valence-electron chi connectivity index (χ3n) is 3.86. The molecular weight excluding hydrogens is 270 g/mol. The Hall–Kier alpha value is -2.94. The largest absolute Gasteiger partial charge is 0.277 e. The number of nitrogens with zero attached hydrogens (tertiary/aromatic N) is 2. The lowest BCUT2D eigenvalue weighted by molar-refractivity contribution is 1.07. The van der Waals surface area contributed by atoms with Crippen molar-refractivity contribution in [1.29, 1.82) is 0 Å². The average Bonchev–Trinajstić information content (AvgIpc) is 2.89. The van der Waals surface area contributed by atoms with Crippen molar-refractivity contribution in [3.63, 3.8) is 0 Å². The van der Waals surface area contributed by atoms with E-state index in [4.69, 9.17) is 0 Å². The Kier molecular flexibility index (Phi) is 3.16.